The lowest BCUT2D eigenvalue weighted by Crippen LogP contribution is -2.07. The zero-order chi connectivity index (χ0) is 11.1. The molecule has 2 rings (SSSR count). The molecule has 0 aromatic carbocycles. The summed E-state index contributed by atoms with van der Waals surface area (Å²) in [6.07, 6.45) is 2.13. The molecule has 15 heavy (non-hydrogen) atoms. The molecule has 1 saturated heterocycles. The number of rotatable bonds is 1. The molecule has 0 amide bonds. The van der Waals surface area contributed by atoms with Gasteiger partial charge in [0.1, 0.15) is 11.0 Å². The van der Waals surface area contributed by atoms with Gasteiger partial charge in [-0.2, -0.15) is 0 Å². The Kier molecular flexibility index (Phi) is 3.00. The van der Waals surface area contributed by atoms with E-state index in [2.05, 4.69) is 25.9 Å². The van der Waals surface area contributed by atoms with E-state index in [-0.39, 0.29) is 17.4 Å². The first-order valence-electron chi connectivity index (χ1n) is 4.36. The minimum atomic E-state index is -2.90. The lowest BCUT2D eigenvalue weighted by molar-refractivity contribution is 0.601. The van der Waals surface area contributed by atoms with Crippen LogP contribution < -0.4 is 0 Å². The summed E-state index contributed by atoms with van der Waals surface area (Å²) in [6.45, 7) is 0. The van der Waals surface area contributed by atoms with E-state index in [1.54, 1.807) is 6.20 Å². The molecule has 1 aliphatic heterocycles. The second kappa shape index (κ2) is 3.99. The van der Waals surface area contributed by atoms with E-state index in [0.717, 1.165) is 0 Å². The van der Waals surface area contributed by atoms with Gasteiger partial charge in [-0.05, 0) is 22.4 Å². The predicted molar refractivity (Wildman–Crippen MR) is 60.8 cm³/mol. The molecule has 1 unspecified atom stereocenters. The fourth-order valence-electron chi connectivity index (χ4n) is 1.55. The third-order valence-corrected chi connectivity index (χ3v) is 5.18. The molecule has 1 aromatic rings. The van der Waals surface area contributed by atoms with E-state index >= 15 is 0 Å². The van der Waals surface area contributed by atoms with Gasteiger partial charge in [-0.1, -0.05) is 11.6 Å². The van der Waals surface area contributed by atoms with Crippen LogP contribution in [0, 0.1) is 0 Å². The molecule has 4 nitrogen and oxygen atoms in total. The average molecular weight is 312 g/mol. The summed E-state index contributed by atoms with van der Waals surface area (Å²) >= 11 is 9.00. The number of nitrogens with zero attached hydrogens (tertiary/aromatic N) is 2. The van der Waals surface area contributed by atoms with E-state index in [1.807, 2.05) is 0 Å². The second-order valence-electron chi connectivity index (χ2n) is 3.47. The number of sulfone groups is 1. The molecule has 2 heterocycles. The fourth-order valence-corrected chi connectivity index (χ4v) is 3.62. The maximum atomic E-state index is 11.3. The van der Waals surface area contributed by atoms with Crippen molar-refractivity contribution in [2.75, 3.05) is 11.5 Å². The number of hydrogen-bond acceptors (Lipinski definition) is 4. The van der Waals surface area contributed by atoms with Gasteiger partial charge >= 0.3 is 0 Å². The highest BCUT2D eigenvalue weighted by atomic mass is 79.9. The first-order valence-corrected chi connectivity index (χ1v) is 7.35. The molecule has 0 spiro atoms. The van der Waals surface area contributed by atoms with Gasteiger partial charge in [-0.3, -0.25) is 0 Å². The van der Waals surface area contributed by atoms with Crippen molar-refractivity contribution in [3.05, 3.63) is 21.6 Å². The number of halogens is 2. The monoisotopic (exact) mass is 310 g/mol. The zero-order valence-corrected chi connectivity index (χ0v) is 10.8. The molecule has 1 fully saturated rings. The standard InChI is InChI=1S/C8H8BrClN2O2S/c9-6-3-11-8(12-7(6)10)5-1-2-15(13,14)4-5/h3,5H,1-2,4H2. The van der Waals surface area contributed by atoms with Crippen LogP contribution >= 0.6 is 27.5 Å². The third kappa shape index (κ3) is 2.49. The Balaban J connectivity index is 2.28. The van der Waals surface area contributed by atoms with E-state index in [1.165, 1.54) is 0 Å². The lowest BCUT2D eigenvalue weighted by atomic mass is 10.1. The van der Waals surface area contributed by atoms with E-state index < -0.39 is 9.84 Å². The van der Waals surface area contributed by atoms with Crippen molar-refractivity contribution >= 4 is 37.4 Å². The van der Waals surface area contributed by atoms with Crippen molar-refractivity contribution < 1.29 is 8.42 Å². The van der Waals surface area contributed by atoms with Gasteiger partial charge in [0.2, 0.25) is 0 Å². The Labute approximate surface area is 101 Å². The van der Waals surface area contributed by atoms with Gasteiger partial charge in [0, 0.05) is 12.1 Å². The first-order chi connectivity index (χ1) is 6.98. The quantitative estimate of drug-likeness (QED) is 0.742. The van der Waals surface area contributed by atoms with Crippen LogP contribution in [0.15, 0.2) is 10.7 Å². The second-order valence-corrected chi connectivity index (χ2v) is 6.91. The Morgan fingerprint density at radius 1 is 1.53 bits per heavy atom. The molecule has 0 saturated carbocycles. The molecule has 0 bridgehead atoms. The summed E-state index contributed by atoms with van der Waals surface area (Å²) in [6, 6.07) is 0. The highest BCUT2D eigenvalue weighted by Gasteiger charge is 2.31. The molecule has 7 heteroatoms. The van der Waals surface area contributed by atoms with Crippen LogP contribution in [0.3, 0.4) is 0 Å². The van der Waals surface area contributed by atoms with Crippen molar-refractivity contribution in [3.8, 4) is 0 Å². The molecule has 0 N–H and O–H groups in total. The first kappa shape index (κ1) is 11.3. The summed E-state index contributed by atoms with van der Waals surface area (Å²) in [5.74, 6) is 0.754. The summed E-state index contributed by atoms with van der Waals surface area (Å²) in [5, 5.41) is 0.323. The van der Waals surface area contributed by atoms with Crippen molar-refractivity contribution in [2.24, 2.45) is 0 Å². The number of aromatic nitrogens is 2. The van der Waals surface area contributed by atoms with Gasteiger partial charge in [-0.15, -0.1) is 0 Å². The molecular formula is C8H8BrClN2O2S. The predicted octanol–water partition coefficient (Wildman–Crippen LogP) is 1.79. The average Bonchev–Trinajstić information content (AvgIpc) is 2.51. The topological polar surface area (TPSA) is 59.9 Å². The minimum Gasteiger partial charge on any atom is -0.240 e. The number of hydrogen-bond donors (Lipinski definition) is 0. The van der Waals surface area contributed by atoms with Crippen molar-refractivity contribution in [1.29, 1.82) is 0 Å². The largest absolute Gasteiger partial charge is 0.240 e. The highest BCUT2D eigenvalue weighted by Crippen LogP contribution is 2.28. The molecular weight excluding hydrogens is 304 g/mol. The van der Waals surface area contributed by atoms with Crippen molar-refractivity contribution in [1.82, 2.24) is 9.97 Å². The van der Waals surface area contributed by atoms with E-state index in [4.69, 9.17) is 11.6 Å². The Bertz CT molecular complexity index is 491. The molecule has 1 atom stereocenters. The SMILES string of the molecule is O=S1(=O)CCC(c2ncc(Br)c(Cl)n2)C1. The molecule has 0 aliphatic carbocycles. The van der Waals surface area contributed by atoms with Gasteiger partial charge in [0.05, 0.1) is 16.0 Å². The minimum absolute atomic E-state index is 0.111. The van der Waals surface area contributed by atoms with Crippen LogP contribution in [0.1, 0.15) is 18.2 Å². The van der Waals surface area contributed by atoms with Gasteiger partial charge in [-0.25, -0.2) is 18.4 Å². The van der Waals surface area contributed by atoms with Gasteiger partial charge in [0.25, 0.3) is 0 Å². The molecule has 1 aliphatic rings. The van der Waals surface area contributed by atoms with Crippen LogP contribution in [-0.2, 0) is 9.84 Å². The van der Waals surface area contributed by atoms with Crippen LogP contribution in [-0.4, -0.2) is 29.9 Å². The van der Waals surface area contributed by atoms with Crippen LogP contribution in [0.2, 0.25) is 5.15 Å². The highest BCUT2D eigenvalue weighted by molar-refractivity contribution is 9.10. The maximum Gasteiger partial charge on any atom is 0.151 e. The molecule has 1 aromatic heterocycles. The summed E-state index contributed by atoms with van der Waals surface area (Å²) < 4.78 is 23.2. The zero-order valence-electron chi connectivity index (χ0n) is 7.65. The van der Waals surface area contributed by atoms with Crippen molar-refractivity contribution in [2.45, 2.75) is 12.3 Å². The van der Waals surface area contributed by atoms with Crippen molar-refractivity contribution in [3.63, 3.8) is 0 Å². The molecule has 82 valence electrons. The smallest absolute Gasteiger partial charge is 0.151 e. The maximum absolute atomic E-state index is 11.3. The fraction of sp³-hybridized carbons (Fsp3) is 0.500. The third-order valence-electron chi connectivity index (χ3n) is 2.32. The Hall–Kier alpha value is -0.200. The normalized spacial score (nSPS) is 24.3. The van der Waals surface area contributed by atoms with E-state index in [9.17, 15) is 8.42 Å². The molecule has 0 radical (unpaired) electrons. The van der Waals surface area contributed by atoms with Crippen LogP contribution in [0.5, 0.6) is 0 Å². The lowest BCUT2D eigenvalue weighted by Gasteiger charge is -2.06. The summed E-state index contributed by atoms with van der Waals surface area (Å²) in [5.41, 5.74) is 0. The summed E-state index contributed by atoms with van der Waals surface area (Å²) in [4.78, 5) is 8.14. The Morgan fingerprint density at radius 3 is 2.80 bits per heavy atom. The van der Waals surface area contributed by atoms with Gasteiger partial charge < -0.3 is 0 Å². The Morgan fingerprint density at radius 2 is 2.27 bits per heavy atom. The van der Waals surface area contributed by atoms with E-state index in [0.29, 0.717) is 21.9 Å². The van der Waals surface area contributed by atoms with Gasteiger partial charge in [0.15, 0.2) is 9.84 Å². The summed E-state index contributed by atoms with van der Waals surface area (Å²) in [7, 11) is -2.90. The van der Waals surface area contributed by atoms with Crippen LogP contribution in [0.4, 0.5) is 0 Å². The van der Waals surface area contributed by atoms with Crippen LogP contribution in [0.25, 0.3) is 0 Å².